The molecule has 0 radical (unpaired) electrons. The molecule has 0 unspecified atom stereocenters. The molecular formula is C24H34N3S+. The molecule has 1 aliphatic heterocycles. The third-order valence-corrected chi connectivity index (χ3v) is 6.50. The quantitative estimate of drug-likeness (QED) is 0.345. The number of hydrogen-bond acceptors (Lipinski definition) is 3. The lowest BCUT2D eigenvalue weighted by Gasteiger charge is -2.21. The van der Waals surface area contributed by atoms with Gasteiger partial charge in [-0.3, -0.25) is 0 Å². The summed E-state index contributed by atoms with van der Waals surface area (Å²) in [6, 6.07) is 13.5. The zero-order valence-electron chi connectivity index (χ0n) is 17.9. The molecule has 0 spiro atoms. The number of benzene rings is 2. The molecule has 0 fully saturated rings. The van der Waals surface area contributed by atoms with Crippen LogP contribution in [0, 0.1) is 0 Å². The van der Waals surface area contributed by atoms with Gasteiger partial charge in [0.1, 0.15) is 13.1 Å². The molecule has 1 aromatic rings. The van der Waals surface area contributed by atoms with Crippen molar-refractivity contribution in [2.75, 3.05) is 31.1 Å². The summed E-state index contributed by atoms with van der Waals surface area (Å²) in [4.78, 5) is 8.60. The van der Waals surface area contributed by atoms with Gasteiger partial charge in [0.25, 0.3) is 0 Å². The number of rotatable bonds is 9. The van der Waals surface area contributed by atoms with Crippen LogP contribution in [0.1, 0.15) is 53.4 Å². The van der Waals surface area contributed by atoms with Crippen molar-refractivity contribution in [3.63, 3.8) is 0 Å². The molecule has 1 heterocycles. The van der Waals surface area contributed by atoms with E-state index in [1.54, 1.807) is 0 Å². The lowest BCUT2D eigenvalue weighted by atomic mass is 10.2. The summed E-state index contributed by atoms with van der Waals surface area (Å²) >= 11 is 1.87. The van der Waals surface area contributed by atoms with Crippen LogP contribution in [-0.4, -0.2) is 31.2 Å². The van der Waals surface area contributed by atoms with E-state index in [9.17, 15) is 0 Å². The van der Waals surface area contributed by atoms with Crippen LogP contribution in [0.3, 0.4) is 0 Å². The van der Waals surface area contributed by atoms with E-state index in [0.717, 1.165) is 37.4 Å². The Hall–Kier alpha value is -1.94. The van der Waals surface area contributed by atoms with Crippen LogP contribution < -0.4 is 14.8 Å². The maximum absolute atomic E-state index is 4.93. The number of aromatic nitrogens is 1. The topological polar surface area (TPSA) is 19.1 Å². The average Bonchev–Trinajstić information content (AvgIpc) is 2.73. The molecule has 3 rings (SSSR count). The van der Waals surface area contributed by atoms with Crippen LogP contribution in [0.25, 0.3) is 20.8 Å². The highest BCUT2D eigenvalue weighted by Crippen LogP contribution is 2.31. The van der Waals surface area contributed by atoms with Crippen LogP contribution in [0.5, 0.6) is 0 Å². The van der Waals surface area contributed by atoms with Gasteiger partial charge in [0.15, 0.2) is 0 Å². The zero-order chi connectivity index (χ0) is 19.9. The van der Waals surface area contributed by atoms with Crippen molar-refractivity contribution in [1.82, 2.24) is 9.56 Å². The van der Waals surface area contributed by atoms with E-state index in [4.69, 9.17) is 4.98 Å². The van der Waals surface area contributed by atoms with Crippen LogP contribution in [0.4, 0.5) is 5.69 Å². The van der Waals surface area contributed by atoms with Gasteiger partial charge in [-0.15, -0.1) is 11.3 Å². The van der Waals surface area contributed by atoms with Crippen LogP contribution in [0.2, 0.25) is 0 Å². The molecule has 3 nitrogen and oxygen atoms in total. The summed E-state index contributed by atoms with van der Waals surface area (Å²) in [6.45, 7) is 13.3. The molecule has 4 heteroatoms. The van der Waals surface area contributed by atoms with E-state index in [1.165, 1.54) is 46.3 Å². The van der Waals surface area contributed by atoms with Gasteiger partial charge in [0.05, 0.1) is 20.8 Å². The molecule has 0 saturated heterocycles. The summed E-state index contributed by atoms with van der Waals surface area (Å²) < 4.78 is 3.82. The van der Waals surface area contributed by atoms with E-state index < -0.39 is 0 Å². The molecule has 150 valence electrons. The molecule has 0 bridgehead atoms. The first-order valence-electron chi connectivity index (χ1n) is 10.9. The number of fused-ring (bicyclic) bond motifs is 2. The summed E-state index contributed by atoms with van der Waals surface area (Å²) in [6.07, 6.45) is 4.96. The molecule has 0 amide bonds. The maximum Gasteiger partial charge on any atom is 0.201 e. The SMILES string of the molecule is CCCC[N+](CCCC)=c1ccc2nc3ccc(N(CC)CC)cc3sc-2c1. The lowest BCUT2D eigenvalue weighted by molar-refractivity contribution is 0.525. The van der Waals surface area contributed by atoms with Gasteiger partial charge in [-0.05, 0) is 38.1 Å². The van der Waals surface area contributed by atoms with Crippen molar-refractivity contribution in [1.29, 1.82) is 0 Å². The Morgan fingerprint density at radius 1 is 0.893 bits per heavy atom. The second-order valence-electron chi connectivity index (χ2n) is 7.38. The minimum absolute atomic E-state index is 1.03. The minimum atomic E-state index is 1.03. The molecule has 1 aromatic carbocycles. The van der Waals surface area contributed by atoms with Crippen molar-refractivity contribution in [3.8, 4) is 10.6 Å². The Bertz CT molecular complexity index is 930. The zero-order valence-corrected chi connectivity index (χ0v) is 18.7. The smallest absolute Gasteiger partial charge is 0.201 e. The highest BCUT2D eigenvalue weighted by Gasteiger charge is 2.12. The normalized spacial score (nSPS) is 11.3. The fraction of sp³-hybridized carbons (Fsp3) is 0.500. The first-order valence-corrected chi connectivity index (χ1v) is 11.7. The Balaban J connectivity index is 2.09. The first-order chi connectivity index (χ1) is 13.7. The number of nitrogens with zero attached hydrogens (tertiary/aromatic N) is 3. The second kappa shape index (κ2) is 10.0. The predicted octanol–water partition coefficient (Wildman–Crippen LogP) is 5.62. The van der Waals surface area contributed by atoms with Gasteiger partial charge in [-0.2, -0.15) is 0 Å². The molecule has 2 aliphatic rings. The fourth-order valence-corrected chi connectivity index (χ4v) is 4.68. The van der Waals surface area contributed by atoms with Crippen molar-refractivity contribution in [2.45, 2.75) is 53.4 Å². The van der Waals surface area contributed by atoms with Gasteiger partial charge >= 0.3 is 0 Å². The van der Waals surface area contributed by atoms with E-state index in [1.807, 2.05) is 11.3 Å². The summed E-state index contributed by atoms with van der Waals surface area (Å²) in [5, 5.41) is 1.34. The largest absolute Gasteiger partial charge is 0.372 e. The predicted molar refractivity (Wildman–Crippen MR) is 125 cm³/mol. The first kappa shape index (κ1) is 20.8. The number of unbranched alkanes of at least 4 members (excludes halogenated alkanes) is 2. The minimum Gasteiger partial charge on any atom is -0.372 e. The lowest BCUT2D eigenvalue weighted by Crippen LogP contribution is -2.31. The highest BCUT2D eigenvalue weighted by molar-refractivity contribution is 7.21. The van der Waals surface area contributed by atoms with Crippen molar-refractivity contribution < 1.29 is 0 Å². The molecule has 0 N–H and O–H groups in total. The third kappa shape index (κ3) is 4.72. The summed E-state index contributed by atoms with van der Waals surface area (Å²) in [5.41, 5.74) is 3.48. The van der Waals surface area contributed by atoms with E-state index >= 15 is 0 Å². The Kier molecular flexibility index (Phi) is 7.43. The van der Waals surface area contributed by atoms with Gasteiger partial charge in [-0.25, -0.2) is 9.56 Å². The van der Waals surface area contributed by atoms with E-state index in [0.29, 0.717) is 0 Å². The highest BCUT2D eigenvalue weighted by atomic mass is 32.1. The van der Waals surface area contributed by atoms with Gasteiger partial charge < -0.3 is 4.90 Å². The number of hydrogen-bond donors (Lipinski definition) is 0. The fourth-order valence-electron chi connectivity index (χ4n) is 3.65. The van der Waals surface area contributed by atoms with Crippen molar-refractivity contribution >= 4 is 27.2 Å². The van der Waals surface area contributed by atoms with E-state index in [2.05, 4.69) is 73.6 Å². The van der Waals surface area contributed by atoms with Crippen molar-refractivity contribution in [3.05, 3.63) is 41.8 Å². The Morgan fingerprint density at radius 2 is 1.61 bits per heavy atom. The summed E-state index contributed by atoms with van der Waals surface area (Å²) in [5.74, 6) is 0. The molecule has 28 heavy (non-hydrogen) atoms. The van der Waals surface area contributed by atoms with Gasteiger partial charge in [-0.1, -0.05) is 26.7 Å². The monoisotopic (exact) mass is 396 g/mol. The van der Waals surface area contributed by atoms with Gasteiger partial charge in [0.2, 0.25) is 5.36 Å². The van der Waals surface area contributed by atoms with Gasteiger partial charge in [0, 0.05) is 43.8 Å². The van der Waals surface area contributed by atoms with E-state index in [-0.39, 0.29) is 0 Å². The molecule has 0 saturated carbocycles. The molecule has 0 aromatic heterocycles. The molecule has 1 aliphatic carbocycles. The second-order valence-corrected chi connectivity index (χ2v) is 8.47. The number of anilines is 1. The Labute approximate surface area is 173 Å². The summed E-state index contributed by atoms with van der Waals surface area (Å²) in [7, 11) is 0. The third-order valence-electron chi connectivity index (χ3n) is 5.40. The molecule has 0 atom stereocenters. The van der Waals surface area contributed by atoms with Crippen LogP contribution in [0.15, 0.2) is 36.4 Å². The van der Waals surface area contributed by atoms with Crippen LogP contribution >= 0.6 is 11.3 Å². The standard InChI is InChI=1S/C24H34N3S/c1-5-9-15-27(16-10-6-2)20-12-14-22-24(18-20)28-23-17-19(26(7-3)8-4)11-13-21(23)25-22/h11-14,17-18H,5-10,15-16H2,1-4H3/q+1. The Morgan fingerprint density at radius 3 is 2.25 bits per heavy atom. The maximum atomic E-state index is 4.93. The molecular weight excluding hydrogens is 362 g/mol. The average molecular weight is 397 g/mol. The van der Waals surface area contributed by atoms with Crippen molar-refractivity contribution in [2.24, 2.45) is 0 Å². The van der Waals surface area contributed by atoms with Crippen LogP contribution in [-0.2, 0) is 0 Å².